The number of carbonyl (C=O) groups excluding carboxylic acids is 4. The van der Waals surface area contributed by atoms with E-state index in [9.17, 15) is 19.2 Å². The van der Waals surface area contributed by atoms with Crippen LogP contribution in [-0.2, 0) is 4.79 Å². The van der Waals surface area contributed by atoms with E-state index < -0.39 is 11.8 Å². The van der Waals surface area contributed by atoms with Gasteiger partial charge in [-0.05, 0) is 30.7 Å². The Kier molecular flexibility index (Phi) is 5.12. The maximum Gasteiger partial charge on any atom is 0.262 e. The van der Waals surface area contributed by atoms with Crippen LogP contribution in [0.1, 0.15) is 37.5 Å². The van der Waals surface area contributed by atoms with E-state index in [0.29, 0.717) is 49.3 Å². The second kappa shape index (κ2) is 7.87. The second-order valence-corrected chi connectivity index (χ2v) is 7.13. The fourth-order valence-corrected chi connectivity index (χ4v) is 3.75. The summed E-state index contributed by atoms with van der Waals surface area (Å²) < 4.78 is 0. The molecule has 2 heterocycles. The lowest BCUT2D eigenvalue weighted by molar-refractivity contribution is -0.131. The topological polar surface area (TPSA) is 78.0 Å². The maximum absolute atomic E-state index is 12.8. The van der Waals surface area contributed by atoms with Crippen molar-refractivity contribution in [3.05, 3.63) is 71.3 Å². The van der Waals surface area contributed by atoms with E-state index in [1.165, 1.54) is 0 Å². The number of benzene rings is 2. The molecule has 0 N–H and O–H groups in total. The second-order valence-electron chi connectivity index (χ2n) is 7.13. The number of amides is 4. The van der Waals surface area contributed by atoms with Crippen LogP contribution in [0.25, 0.3) is 0 Å². The molecular formula is C22H21N3O4. The SMILES string of the molecule is O=C(CN1C(=O)c2ccccc2C1=O)N1CCCN(C(=O)c2ccccc2)CC1. The van der Waals surface area contributed by atoms with E-state index in [1.54, 1.807) is 46.2 Å². The van der Waals surface area contributed by atoms with E-state index in [4.69, 9.17) is 0 Å². The molecule has 2 aromatic carbocycles. The molecule has 1 fully saturated rings. The molecule has 7 nitrogen and oxygen atoms in total. The molecule has 2 aromatic rings. The van der Waals surface area contributed by atoms with Crippen molar-refractivity contribution >= 4 is 23.6 Å². The minimum absolute atomic E-state index is 0.0553. The van der Waals surface area contributed by atoms with Crippen LogP contribution < -0.4 is 0 Å². The van der Waals surface area contributed by atoms with Crippen LogP contribution in [0, 0.1) is 0 Å². The number of fused-ring (bicyclic) bond motifs is 1. The molecule has 0 atom stereocenters. The molecule has 29 heavy (non-hydrogen) atoms. The molecule has 0 aromatic heterocycles. The Hall–Kier alpha value is -3.48. The van der Waals surface area contributed by atoms with Crippen molar-refractivity contribution < 1.29 is 19.2 Å². The Bertz CT molecular complexity index is 938. The molecule has 0 aliphatic carbocycles. The van der Waals surface area contributed by atoms with Crippen LogP contribution in [0.15, 0.2) is 54.6 Å². The van der Waals surface area contributed by atoms with Crippen molar-refractivity contribution in [2.24, 2.45) is 0 Å². The largest absolute Gasteiger partial charge is 0.339 e. The quantitative estimate of drug-likeness (QED) is 0.746. The zero-order valence-electron chi connectivity index (χ0n) is 15.9. The van der Waals surface area contributed by atoms with Gasteiger partial charge in [0.15, 0.2) is 0 Å². The van der Waals surface area contributed by atoms with Gasteiger partial charge in [-0.1, -0.05) is 30.3 Å². The van der Waals surface area contributed by atoms with Gasteiger partial charge in [0.25, 0.3) is 17.7 Å². The molecule has 148 valence electrons. The highest BCUT2D eigenvalue weighted by atomic mass is 16.2. The summed E-state index contributed by atoms with van der Waals surface area (Å²) in [5.74, 6) is -1.21. The summed E-state index contributed by atoms with van der Waals surface area (Å²) >= 11 is 0. The zero-order valence-corrected chi connectivity index (χ0v) is 15.9. The predicted molar refractivity (Wildman–Crippen MR) is 105 cm³/mol. The van der Waals surface area contributed by atoms with Gasteiger partial charge in [-0.15, -0.1) is 0 Å². The summed E-state index contributed by atoms with van der Waals surface area (Å²) in [4.78, 5) is 54.7. The Balaban J connectivity index is 1.39. The van der Waals surface area contributed by atoms with Gasteiger partial charge < -0.3 is 9.80 Å². The molecule has 0 spiro atoms. The molecule has 4 rings (SSSR count). The van der Waals surface area contributed by atoms with E-state index in [-0.39, 0.29) is 18.4 Å². The number of nitrogens with zero attached hydrogens (tertiary/aromatic N) is 3. The van der Waals surface area contributed by atoms with Crippen molar-refractivity contribution in [1.29, 1.82) is 0 Å². The molecule has 7 heteroatoms. The zero-order chi connectivity index (χ0) is 20.4. The lowest BCUT2D eigenvalue weighted by atomic mass is 10.1. The monoisotopic (exact) mass is 391 g/mol. The van der Waals surface area contributed by atoms with Crippen LogP contribution in [0.5, 0.6) is 0 Å². The number of hydrogen-bond donors (Lipinski definition) is 0. The first-order valence-electron chi connectivity index (χ1n) is 9.63. The Morgan fingerprint density at radius 1 is 0.724 bits per heavy atom. The highest BCUT2D eigenvalue weighted by molar-refractivity contribution is 6.22. The van der Waals surface area contributed by atoms with Crippen molar-refractivity contribution in [1.82, 2.24) is 14.7 Å². The van der Waals surface area contributed by atoms with Crippen LogP contribution >= 0.6 is 0 Å². The molecule has 0 bridgehead atoms. The fraction of sp³-hybridized carbons (Fsp3) is 0.273. The number of carbonyl (C=O) groups is 4. The van der Waals surface area contributed by atoms with E-state index in [2.05, 4.69) is 0 Å². The Labute approximate surface area is 168 Å². The maximum atomic E-state index is 12.8. The van der Waals surface area contributed by atoms with Crippen molar-refractivity contribution in [2.75, 3.05) is 32.7 Å². The normalized spacial score (nSPS) is 16.6. The Morgan fingerprint density at radius 2 is 1.28 bits per heavy atom. The van der Waals surface area contributed by atoms with Crippen molar-refractivity contribution in [3.63, 3.8) is 0 Å². The molecular weight excluding hydrogens is 370 g/mol. The first-order chi connectivity index (χ1) is 14.1. The summed E-state index contributed by atoms with van der Waals surface area (Å²) in [6.07, 6.45) is 0.645. The van der Waals surface area contributed by atoms with Gasteiger partial charge in [0.1, 0.15) is 6.54 Å². The van der Waals surface area contributed by atoms with Crippen LogP contribution in [0.3, 0.4) is 0 Å². The minimum Gasteiger partial charge on any atom is -0.339 e. The molecule has 2 aliphatic heterocycles. The number of rotatable bonds is 3. The number of imide groups is 1. The summed E-state index contributed by atoms with van der Waals surface area (Å²) in [6, 6.07) is 15.6. The average Bonchev–Trinajstić information content (AvgIpc) is 2.93. The first kappa shape index (κ1) is 18.9. The smallest absolute Gasteiger partial charge is 0.262 e. The van der Waals surface area contributed by atoms with Gasteiger partial charge >= 0.3 is 0 Å². The molecule has 2 aliphatic rings. The lowest BCUT2D eigenvalue weighted by Gasteiger charge is -2.24. The van der Waals surface area contributed by atoms with Crippen LogP contribution in [0.2, 0.25) is 0 Å². The average molecular weight is 391 g/mol. The van der Waals surface area contributed by atoms with Gasteiger partial charge in [0.2, 0.25) is 5.91 Å². The fourth-order valence-electron chi connectivity index (χ4n) is 3.75. The van der Waals surface area contributed by atoms with Crippen molar-refractivity contribution in [3.8, 4) is 0 Å². The van der Waals surface area contributed by atoms with Gasteiger partial charge in [-0.25, -0.2) is 0 Å². The highest BCUT2D eigenvalue weighted by Gasteiger charge is 2.37. The molecule has 0 radical (unpaired) electrons. The third-order valence-electron chi connectivity index (χ3n) is 5.33. The summed E-state index contributed by atoms with van der Waals surface area (Å²) in [5, 5.41) is 0. The highest BCUT2D eigenvalue weighted by Crippen LogP contribution is 2.22. The predicted octanol–water partition coefficient (Wildman–Crippen LogP) is 1.66. The molecule has 4 amide bonds. The Morgan fingerprint density at radius 3 is 1.93 bits per heavy atom. The summed E-state index contributed by atoms with van der Waals surface area (Å²) in [5.41, 5.74) is 1.29. The van der Waals surface area contributed by atoms with E-state index >= 15 is 0 Å². The molecule has 1 saturated heterocycles. The standard InChI is InChI=1S/C22H21N3O4/c26-19(15-25-21(28)17-9-4-5-10-18(17)22(25)29)23-11-6-12-24(14-13-23)20(27)16-7-2-1-3-8-16/h1-5,7-10H,6,11-15H2. The van der Waals surface area contributed by atoms with Gasteiger partial charge in [-0.2, -0.15) is 0 Å². The van der Waals surface area contributed by atoms with Crippen molar-refractivity contribution in [2.45, 2.75) is 6.42 Å². The first-order valence-corrected chi connectivity index (χ1v) is 9.63. The van der Waals surface area contributed by atoms with E-state index in [1.807, 2.05) is 18.2 Å². The van der Waals surface area contributed by atoms with Crippen LogP contribution in [0.4, 0.5) is 0 Å². The summed E-state index contributed by atoms with van der Waals surface area (Å²) in [7, 11) is 0. The summed E-state index contributed by atoms with van der Waals surface area (Å²) in [6.45, 7) is 1.56. The third-order valence-corrected chi connectivity index (χ3v) is 5.33. The molecule has 0 unspecified atom stereocenters. The van der Waals surface area contributed by atoms with Gasteiger partial charge in [0, 0.05) is 31.7 Å². The number of hydrogen-bond acceptors (Lipinski definition) is 4. The van der Waals surface area contributed by atoms with Crippen LogP contribution in [-0.4, -0.2) is 71.1 Å². The molecule has 0 saturated carbocycles. The van der Waals surface area contributed by atoms with Gasteiger partial charge in [-0.3, -0.25) is 24.1 Å². The third kappa shape index (κ3) is 3.63. The minimum atomic E-state index is -0.436. The van der Waals surface area contributed by atoms with E-state index in [0.717, 1.165) is 4.90 Å². The van der Waals surface area contributed by atoms with Gasteiger partial charge in [0.05, 0.1) is 11.1 Å². The lowest BCUT2D eigenvalue weighted by Crippen LogP contribution is -2.44.